The summed E-state index contributed by atoms with van der Waals surface area (Å²) in [5, 5.41) is 0. The summed E-state index contributed by atoms with van der Waals surface area (Å²) in [4.78, 5) is 15.2. The smallest absolute Gasteiger partial charge is 0.416 e. The lowest BCUT2D eigenvalue weighted by atomic mass is 9.98. The van der Waals surface area contributed by atoms with Gasteiger partial charge in [-0.05, 0) is 66.4 Å². The lowest BCUT2D eigenvalue weighted by Crippen LogP contribution is -2.19. The van der Waals surface area contributed by atoms with E-state index >= 15 is 0 Å². The molecule has 0 radical (unpaired) electrons. The molecule has 0 atom stereocenters. The molecule has 0 spiro atoms. The summed E-state index contributed by atoms with van der Waals surface area (Å²) in [6, 6.07) is 12.1. The van der Waals surface area contributed by atoms with Crippen molar-refractivity contribution in [2.24, 2.45) is 0 Å². The van der Waals surface area contributed by atoms with E-state index in [1.165, 1.54) is 19.2 Å². The van der Waals surface area contributed by atoms with E-state index in [9.17, 15) is 13.2 Å². The van der Waals surface area contributed by atoms with Crippen molar-refractivity contribution in [2.45, 2.75) is 32.1 Å². The average molecular weight is 557 g/mol. The predicted molar refractivity (Wildman–Crippen MR) is 144 cm³/mol. The molecule has 9 nitrogen and oxygen atoms in total. The minimum absolute atomic E-state index is 0.0930. The number of imidazole rings is 1. The number of alkyl halides is 3. The van der Waals surface area contributed by atoms with Crippen LogP contribution in [0.4, 0.5) is 19.0 Å². The number of nitrogens with zero attached hydrogens (tertiary/aromatic N) is 5. The average Bonchev–Trinajstić information content (AvgIpc) is 3.57. The Morgan fingerprint density at radius 2 is 1.62 bits per heavy atom. The molecule has 1 saturated heterocycles. The zero-order chi connectivity index (χ0) is 28.3. The number of hydrogen-bond donors (Lipinski definition) is 1. The number of fused-ring (bicyclic) bond motifs is 1. The largest absolute Gasteiger partial charge is 0.468 e. The maximum absolute atomic E-state index is 13.7. The molecule has 0 unspecified atom stereocenters. The van der Waals surface area contributed by atoms with Crippen LogP contribution in [0, 0.1) is 0 Å². The number of ether oxygens (including phenoxy) is 3. The number of nitrogens with two attached hydrogens (primary N) is 1. The Balaban J connectivity index is 1.43. The van der Waals surface area contributed by atoms with Crippen LogP contribution in [0.2, 0.25) is 0 Å². The van der Waals surface area contributed by atoms with Crippen molar-refractivity contribution >= 4 is 17.0 Å². The molecule has 40 heavy (non-hydrogen) atoms. The first-order valence-electron chi connectivity index (χ1n) is 13.0. The highest BCUT2D eigenvalue weighted by Crippen LogP contribution is 2.34. The Morgan fingerprint density at radius 1 is 0.875 bits per heavy atom. The maximum Gasteiger partial charge on any atom is 0.416 e. The third-order valence-electron chi connectivity index (χ3n) is 6.82. The number of rotatable bonds is 10. The molecule has 3 heterocycles. The number of nitrogen functional groups attached to an aromatic ring is 1. The first kappa shape index (κ1) is 27.7. The van der Waals surface area contributed by atoms with Crippen molar-refractivity contribution in [3.05, 3.63) is 59.2 Å². The first-order valence-corrected chi connectivity index (χ1v) is 13.0. The second-order valence-electron chi connectivity index (χ2n) is 9.69. The third kappa shape index (κ3) is 6.13. The zero-order valence-corrected chi connectivity index (χ0v) is 22.4. The molecule has 2 aromatic heterocycles. The summed E-state index contributed by atoms with van der Waals surface area (Å²) in [5.41, 5.74) is 9.02. The molecule has 0 bridgehead atoms. The molecule has 1 aliphatic heterocycles. The van der Waals surface area contributed by atoms with Gasteiger partial charge >= 0.3 is 12.2 Å². The van der Waals surface area contributed by atoms with Crippen LogP contribution in [0.15, 0.2) is 42.5 Å². The predicted octanol–water partition coefficient (Wildman–Crippen LogP) is 4.77. The number of likely N-dealkylation sites (tertiary alicyclic amines) is 1. The summed E-state index contributed by atoms with van der Waals surface area (Å²) in [6.45, 7) is 3.26. The maximum atomic E-state index is 13.7. The first-order chi connectivity index (χ1) is 19.2. The zero-order valence-electron chi connectivity index (χ0n) is 22.4. The fraction of sp³-hybridized carbons (Fsp3) is 0.393. The highest BCUT2D eigenvalue weighted by atomic mass is 19.4. The molecule has 12 heteroatoms. The fourth-order valence-corrected chi connectivity index (χ4v) is 4.86. The molecule has 0 saturated carbocycles. The second-order valence-corrected chi connectivity index (χ2v) is 9.69. The number of hydrogen-bond acceptors (Lipinski definition) is 8. The van der Waals surface area contributed by atoms with Gasteiger partial charge in [0.25, 0.3) is 6.01 Å². The van der Waals surface area contributed by atoms with E-state index in [0.29, 0.717) is 53.6 Å². The van der Waals surface area contributed by atoms with E-state index in [2.05, 4.69) is 19.9 Å². The topological polar surface area (TPSA) is 101 Å². The van der Waals surface area contributed by atoms with Gasteiger partial charge in [0.05, 0.1) is 25.8 Å². The molecule has 212 valence electrons. The van der Waals surface area contributed by atoms with Gasteiger partial charge in [-0.1, -0.05) is 24.3 Å². The van der Waals surface area contributed by atoms with Gasteiger partial charge in [0, 0.05) is 13.7 Å². The second kappa shape index (κ2) is 11.7. The van der Waals surface area contributed by atoms with Crippen LogP contribution in [0.1, 0.15) is 29.5 Å². The van der Waals surface area contributed by atoms with Gasteiger partial charge in [0.15, 0.2) is 17.0 Å². The van der Waals surface area contributed by atoms with Crippen LogP contribution in [0.5, 0.6) is 12.0 Å². The molecular weight excluding hydrogens is 525 g/mol. The monoisotopic (exact) mass is 556 g/mol. The summed E-state index contributed by atoms with van der Waals surface area (Å²) in [5.74, 6) is 0.152. The van der Waals surface area contributed by atoms with Crippen LogP contribution in [-0.2, 0) is 24.0 Å². The summed E-state index contributed by atoms with van der Waals surface area (Å²) in [6.07, 6.45) is -2.28. The molecule has 2 N–H and O–H groups in total. The van der Waals surface area contributed by atoms with Crippen LogP contribution < -0.4 is 15.2 Å². The fourth-order valence-electron chi connectivity index (χ4n) is 4.86. The van der Waals surface area contributed by atoms with E-state index in [-0.39, 0.29) is 18.4 Å². The molecule has 0 amide bonds. The number of benzene rings is 2. The Hall–Kier alpha value is -3.90. The Morgan fingerprint density at radius 3 is 2.30 bits per heavy atom. The highest BCUT2D eigenvalue weighted by Gasteiger charge is 2.31. The van der Waals surface area contributed by atoms with Crippen LogP contribution in [-0.4, -0.2) is 64.9 Å². The Labute approximate surface area is 229 Å². The normalized spacial score (nSPS) is 14.2. The molecule has 1 aliphatic rings. The highest BCUT2D eigenvalue weighted by molar-refractivity contribution is 5.83. The van der Waals surface area contributed by atoms with Crippen molar-refractivity contribution in [1.82, 2.24) is 24.4 Å². The van der Waals surface area contributed by atoms with Gasteiger partial charge in [-0.3, -0.25) is 9.47 Å². The van der Waals surface area contributed by atoms with E-state index in [1.54, 1.807) is 11.7 Å². The van der Waals surface area contributed by atoms with Crippen LogP contribution >= 0.6 is 0 Å². The third-order valence-corrected chi connectivity index (χ3v) is 6.82. The summed E-state index contributed by atoms with van der Waals surface area (Å²) >= 11 is 0. The van der Waals surface area contributed by atoms with Crippen LogP contribution in [0.25, 0.3) is 22.3 Å². The Bertz CT molecular complexity index is 1470. The van der Waals surface area contributed by atoms with Crippen molar-refractivity contribution in [2.75, 3.05) is 46.3 Å². The van der Waals surface area contributed by atoms with Gasteiger partial charge in [-0.2, -0.15) is 28.1 Å². The van der Waals surface area contributed by atoms with E-state index in [4.69, 9.17) is 19.9 Å². The van der Waals surface area contributed by atoms with Gasteiger partial charge in [0.2, 0.25) is 0 Å². The summed E-state index contributed by atoms with van der Waals surface area (Å²) in [7, 11) is 3.06. The quantitative estimate of drug-likeness (QED) is 0.279. The number of methoxy groups -OCH3 is 2. The lowest BCUT2D eigenvalue weighted by molar-refractivity contribution is -0.137. The molecule has 0 aliphatic carbocycles. The molecule has 5 rings (SSSR count). The van der Waals surface area contributed by atoms with Gasteiger partial charge in [-0.15, -0.1) is 0 Å². The van der Waals surface area contributed by atoms with E-state index in [0.717, 1.165) is 31.5 Å². The van der Waals surface area contributed by atoms with Crippen molar-refractivity contribution in [1.29, 1.82) is 0 Å². The molecular formula is C28H31F3N6O3. The molecule has 1 fully saturated rings. The van der Waals surface area contributed by atoms with E-state index < -0.39 is 11.7 Å². The lowest BCUT2D eigenvalue weighted by Gasteiger charge is -2.18. The SMILES string of the molecule is COCCOc1nc(N)c2nc(OC)n(Cc3ccc(-c4cc(CN5CCCC5)cc(C(F)(F)F)c4)cc3)c2n1. The van der Waals surface area contributed by atoms with Crippen molar-refractivity contribution < 1.29 is 27.4 Å². The van der Waals surface area contributed by atoms with E-state index in [1.807, 2.05) is 30.3 Å². The number of aromatic nitrogens is 4. The Kier molecular flexibility index (Phi) is 8.08. The van der Waals surface area contributed by atoms with Crippen molar-refractivity contribution in [3.63, 3.8) is 0 Å². The van der Waals surface area contributed by atoms with Gasteiger partial charge in [0.1, 0.15) is 6.61 Å². The summed E-state index contributed by atoms with van der Waals surface area (Å²) < 4.78 is 58.9. The van der Waals surface area contributed by atoms with Gasteiger partial charge < -0.3 is 19.9 Å². The van der Waals surface area contributed by atoms with Crippen LogP contribution in [0.3, 0.4) is 0 Å². The number of halogens is 3. The minimum Gasteiger partial charge on any atom is -0.468 e. The number of anilines is 1. The molecule has 4 aromatic rings. The standard InChI is InChI=1S/C28H31F3N6O3/c1-38-11-12-40-26-34-24(32)23-25(35-26)37(27(33-23)39-2)17-18-5-7-20(8-6-18)21-13-19(16-36-9-3-4-10-36)14-22(15-21)28(29,30)31/h5-8,13-15H,3-4,9-12,16-17H2,1-2H3,(H2,32,34,35). The molecule has 2 aromatic carbocycles. The van der Waals surface area contributed by atoms with Gasteiger partial charge in [-0.25, -0.2) is 0 Å². The van der Waals surface area contributed by atoms with Crippen molar-refractivity contribution in [3.8, 4) is 23.1 Å². The minimum atomic E-state index is -4.43.